The molecule has 0 spiro atoms. The summed E-state index contributed by atoms with van der Waals surface area (Å²) in [6.45, 7) is 1.44. The number of nitrogens with zero attached hydrogens (tertiary/aromatic N) is 4. The third-order valence-corrected chi connectivity index (χ3v) is 6.27. The molecule has 3 heterocycles. The summed E-state index contributed by atoms with van der Waals surface area (Å²) in [6.07, 6.45) is 7.59. The molecular weight excluding hydrogens is 448 g/mol. The van der Waals surface area contributed by atoms with E-state index in [9.17, 15) is 9.59 Å². The molecule has 35 heavy (non-hydrogen) atoms. The van der Waals surface area contributed by atoms with Crippen molar-refractivity contribution in [3.8, 4) is 0 Å². The maximum atomic E-state index is 12.7. The predicted molar refractivity (Wildman–Crippen MR) is 124 cm³/mol. The number of likely N-dealkylation sites (tertiary alicyclic amines) is 2. The van der Waals surface area contributed by atoms with Crippen molar-refractivity contribution >= 4 is 12.2 Å². The predicted octanol–water partition coefficient (Wildman–Crippen LogP) is 4.62. The topological polar surface area (TPSA) is 98.0 Å². The Morgan fingerprint density at radius 3 is 2.17 bits per heavy atom. The molecule has 0 saturated carbocycles. The Labute approximate surface area is 203 Å². The lowest BCUT2D eigenvalue weighted by Crippen LogP contribution is -2.32. The molecule has 3 aliphatic rings. The molecule has 9 nitrogen and oxygen atoms in total. The van der Waals surface area contributed by atoms with Gasteiger partial charge >= 0.3 is 12.2 Å². The fourth-order valence-electron chi connectivity index (χ4n) is 4.50. The van der Waals surface area contributed by atoms with Crippen LogP contribution in [0.3, 0.4) is 0 Å². The Morgan fingerprint density at radius 2 is 1.57 bits per heavy atom. The summed E-state index contributed by atoms with van der Waals surface area (Å²) < 4.78 is 17.0. The standard InChI is InChI=1S/C26H26N4O5/c31-25(33-17-19-9-3-1-4-10-19)29-15-7-13-21(29)23-27-28-24(35-23)22-14-8-16-30(22)26(32)34-18-20-11-5-2-6-12-20/h1-5,9-11,21-22H,7-8,13-18H2/t21-,22?/m0/s1. The third kappa shape index (κ3) is 5.22. The van der Waals surface area contributed by atoms with Crippen LogP contribution in [0.25, 0.3) is 0 Å². The molecule has 1 aromatic heterocycles. The zero-order chi connectivity index (χ0) is 24.0. The maximum Gasteiger partial charge on any atom is 0.410 e. The van der Waals surface area contributed by atoms with Gasteiger partial charge in [-0.25, -0.2) is 9.59 Å². The summed E-state index contributed by atoms with van der Waals surface area (Å²) in [5.74, 6) is 0.724. The van der Waals surface area contributed by atoms with Crippen molar-refractivity contribution in [1.82, 2.24) is 20.0 Å². The molecule has 2 aromatic rings. The molecule has 0 N–H and O–H groups in total. The van der Waals surface area contributed by atoms with Crippen LogP contribution in [0.4, 0.5) is 9.59 Å². The van der Waals surface area contributed by atoms with Crippen LogP contribution >= 0.6 is 0 Å². The molecule has 2 atom stereocenters. The molecule has 5 rings (SSSR count). The van der Waals surface area contributed by atoms with E-state index in [0.717, 1.165) is 24.0 Å². The normalized spacial score (nSPS) is 20.9. The Morgan fingerprint density at radius 1 is 0.943 bits per heavy atom. The van der Waals surface area contributed by atoms with Crippen molar-refractivity contribution in [2.75, 3.05) is 19.7 Å². The molecule has 2 aliphatic heterocycles. The fourth-order valence-corrected chi connectivity index (χ4v) is 4.50. The molecule has 9 heteroatoms. The Kier molecular flexibility index (Phi) is 6.80. The fraction of sp³-hybridized carbons (Fsp3) is 0.385. The molecule has 180 valence electrons. The number of rotatable bonds is 6. The highest BCUT2D eigenvalue weighted by Crippen LogP contribution is 2.36. The van der Waals surface area contributed by atoms with Crippen molar-refractivity contribution in [2.45, 2.75) is 44.4 Å². The van der Waals surface area contributed by atoms with Crippen molar-refractivity contribution < 1.29 is 23.5 Å². The lowest BCUT2D eigenvalue weighted by atomic mass is 10.2. The zero-order valence-electron chi connectivity index (χ0n) is 19.3. The van der Waals surface area contributed by atoms with E-state index in [1.807, 2.05) is 42.5 Å². The van der Waals surface area contributed by atoms with Gasteiger partial charge in [0.25, 0.3) is 0 Å². The summed E-state index contributed by atoms with van der Waals surface area (Å²) in [7, 11) is 0. The second-order valence-corrected chi connectivity index (χ2v) is 8.60. The first-order valence-electron chi connectivity index (χ1n) is 11.8. The van der Waals surface area contributed by atoms with Crippen LogP contribution in [0.2, 0.25) is 0 Å². The van der Waals surface area contributed by atoms with E-state index in [0.29, 0.717) is 37.7 Å². The molecule has 0 bridgehead atoms. The number of benzene rings is 1. The lowest BCUT2D eigenvalue weighted by molar-refractivity contribution is 0.0864. The first-order chi connectivity index (χ1) is 17.2. The first kappa shape index (κ1) is 22.7. The smallest absolute Gasteiger partial charge is 0.410 e. The van der Waals surface area contributed by atoms with Crippen molar-refractivity contribution in [2.24, 2.45) is 0 Å². The van der Waals surface area contributed by atoms with Gasteiger partial charge in [0.2, 0.25) is 11.8 Å². The average molecular weight is 475 g/mol. The molecular formula is C26H26N4O5. The molecule has 2 saturated heterocycles. The lowest BCUT2D eigenvalue weighted by Gasteiger charge is -2.22. The minimum atomic E-state index is -0.434. The average Bonchev–Trinajstić information content (AvgIpc) is 3.67. The summed E-state index contributed by atoms with van der Waals surface area (Å²) in [4.78, 5) is 28.7. The van der Waals surface area contributed by atoms with Gasteiger partial charge in [0, 0.05) is 18.7 Å². The van der Waals surface area contributed by atoms with Gasteiger partial charge in [-0.15, -0.1) is 10.2 Å². The van der Waals surface area contributed by atoms with E-state index in [1.165, 1.54) is 0 Å². The second-order valence-electron chi connectivity index (χ2n) is 8.60. The van der Waals surface area contributed by atoms with Gasteiger partial charge in [-0.1, -0.05) is 47.9 Å². The minimum Gasteiger partial charge on any atom is -0.445 e. The number of hydrogen-bond donors (Lipinski definition) is 0. The minimum absolute atomic E-state index is 0.122. The van der Waals surface area contributed by atoms with Crippen LogP contribution in [0.15, 0.2) is 70.0 Å². The van der Waals surface area contributed by atoms with E-state index in [2.05, 4.69) is 21.7 Å². The highest BCUT2D eigenvalue weighted by Gasteiger charge is 2.38. The highest BCUT2D eigenvalue weighted by molar-refractivity contribution is 5.69. The number of hydrogen-bond acceptors (Lipinski definition) is 7. The van der Waals surface area contributed by atoms with E-state index < -0.39 is 12.2 Å². The van der Waals surface area contributed by atoms with Gasteiger partial charge in [0.1, 0.15) is 25.3 Å². The van der Waals surface area contributed by atoms with Crippen LogP contribution in [0.5, 0.6) is 0 Å². The van der Waals surface area contributed by atoms with Crippen LogP contribution in [0, 0.1) is 0 Å². The maximum absolute atomic E-state index is 12.7. The second kappa shape index (κ2) is 10.5. The van der Waals surface area contributed by atoms with Crippen LogP contribution in [0.1, 0.15) is 55.1 Å². The number of carbonyl (C=O) groups is 2. The SMILES string of the molecule is O=C(OCC1=C=C=CC=C1)N1CCCC1c1nnc([C@@H]2CCCN2C(=O)OCc2ccccc2)o1. The summed E-state index contributed by atoms with van der Waals surface area (Å²) >= 11 is 0. The third-order valence-electron chi connectivity index (χ3n) is 6.27. The Balaban J connectivity index is 1.21. The number of aromatic nitrogens is 2. The Hall–Kier alpha value is -4.06. The highest BCUT2D eigenvalue weighted by atomic mass is 16.6. The molecule has 2 fully saturated rings. The van der Waals surface area contributed by atoms with Crippen LogP contribution in [-0.4, -0.2) is 51.9 Å². The monoisotopic (exact) mass is 474 g/mol. The zero-order valence-corrected chi connectivity index (χ0v) is 19.3. The number of ether oxygens (including phenoxy) is 2. The van der Waals surface area contributed by atoms with Gasteiger partial charge in [0.15, 0.2) is 0 Å². The van der Waals surface area contributed by atoms with Gasteiger partial charge in [-0.2, -0.15) is 0 Å². The van der Waals surface area contributed by atoms with Gasteiger partial charge in [0.05, 0.1) is 0 Å². The van der Waals surface area contributed by atoms with E-state index in [1.54, 1.807) is 15.9 Å². The number of allylic oxidation sites excluding steroid dienone is 2. The van der Waals surface area contributed by atoms with Crippen LogP contribution in [-0.2, 0) is 16.1 Å². The Bertz CT molecular complexity index is 1210. The quantitative estimate of drug-likeness (QED) is 0.563. The largest absolute Gasteiger partial charge is 0.445 e. The molecule has 1 aliphatic carbocycles. The molecule has 1 unspecified atom stereocenters. The number of amides is 2. The molecule has 2 amide bonds. The molecule has 1 aromatic carbocycles. The van der Waals surface area contributed by atoms with Gasteiger partial charge < -0.3 is 13.9 Å². The van der Waals surface area contributed by atoms with Crippen molar-refractivity contribution in [3.05, 3.63) is 82.9 Å². The van der Waals surface area contributed by atoms with E-state index >= 15 is 0 Å². The van der Waals surface area contributed by atoms with Crippen molar-refractivity contribution in [1.29, 1.82) is 0 Å². The van der Waals surface area contributed by atoms with Crippen LogP contribution < -0.4 is 0 Å². The molecule has 0 radical (unpaired) electrons. The first-order valence-corrected chi connectivity index (χ1v) is 11.8. The van der Waals surface area contributed by atoms with Crippen molar-refractivity contribution in [3.63, 3.8) is 0 Å². The van der Waals surface area contributed by atoms with Gasteiger partial charge in [-0.3, -0.25) is 9.80 Å². The summed E-state index contributed by atoms with van der Waals surface area (Å²) in [5, 5.41) is 8.45. The summed E-state index contributed by atoms with van der Waals surface area (Å²) in [5.41, 5.74) is 7.44. The number of carbonyl (C=O) groups excluding carboxylic acids is 2. The summed E-state index contributed by atoms with van der Waals surface area (Å²) in [6, 6.07) is 8.86. The van der Waals surface area contributed by atoms with E-state index in [-0.39, 0.29) is 25.3 Å². The van der Waals surface area contributed by atoms with Gasteiger partial charge in [-0.05, 0) is 43.4 Å². The van der Waals surface area contributed by atoms with E-state index in [4.69, 9.17) is 13.9 Å².